The van der Waals surface area contributed by atoms with Crippen LogP contribution in [0.15, 0.2) is 48.5 Å². The van der Waals surface area contributed by atoms with Crippen LogP contribution in [0.1, 0.15) is 12.5 Å². The molecule has 0 saturated carbocycles. The number of rotatable bonds is 10. The highest BCUT2D eigenvalue weighted by molar-refractivity contribution is 5.58. The summed E-state index contributed by atoms with van der Waals surface area (Å²) in [5.74, 6) is 1.76. The van der Waals surface area contributed by atoms with Crippen molar-refractivity contribution in [3.05, 3.63) is 54.1 Å². The van der Waals surface area contributed by atoms with Gasteiger partial charge in [0.1, 0.15) is 24.1 Å². The molecule has 0 amide bonds. The van der Waals surface area contributed by atoms with Gasteiger partial charge in [0.15, 0.2) is 0 Å². The number of benzene rings is 2. The number of nitrogens with one attached hydrogen (secondary N) is 1. The zero-order chi connectivity index (χ0) is 20.5. The number of hydrogen-bond acceptors (Lipinski definition) is 5. The summed E-state index contributed by atoms with van der Waals surface area (Å²) in [5, 5.41) is 10.4. The maximum atomic E-state index is 10.4. The Morgan fingerprint density at radius 3 is 2.45 bits per heavy atom. The van der Waals surface area contributed by atoms with Crippen molar-refractivity contribution in [3.63, 3.8) is 0 Å². The van der Waals surface area contributed by atoms with Crippen molar-refractivity contribution in [2.45, 2.75) is 19.6 Å². The number of hydrogen-bond donors (Lipinski definition) is 2. The molecule has 0 radical (unpaired) electrons. The molecule has 0 aromatic heterocycles. The minimum absolute atomic E-state index is 0.332. The lowest BCUT2D eigenvalue weighted by Crippen LogP contribution is -3.16. The highest BCUT2D eigenvalue weighted by Crippen LogP contribution is 2.27. The zero-order valence-electron chi connectivity index (χ0n) is 17.5. The van der Waals surface area contributed by atoms with Gasteiger partial charge < -0.3 is 29.1 Å². The van der Waals surface area contributed by atoms with Gasteiger partial charge in [0.25, 0.3) is 0 Å². The highest BCUT2D eigenvalue weighted by atomic mass is 16.5. The minimum Gasteiger partial charge on any atom is -0.496 e. The molecule has 1 heterocycles. The Labute approximate surface area is 173 Å². The number of ether oxygens (including phenoxy) is 3. The summed E-state index contributed by atoms with van der Waals surface area (Å²) in [6, 6.07) is 16.0. The molecule has 6 nitrogen and oxygen atoms in total. The van der Waals surface area contributed by atoms with Crippen LogP contribution in [0.2, 0.25) is 0 Å². The highest BCUT2D eigenvalue weighted by Gasteiger charge is 2.24. The molecule has 1 atom stereocenters. The van der Waals surface area contributed by atoms with Crippen molar-refractivity contribution in [1.82, 2.24) is 0 Å². The Morgan fingerprint density at radius 2 is 1.72 bits per heavy atom. The number of anilines is 1. The van der Waals surface area contributed by atoms with Crippen LogP contribution in [0.25, 0.3) is 0 Å². The van der Waals surface area contributed by atoms with E-state index in [4.69, 9.17) is 14.2 Å². The third-order valence-electron chi connectivity index (χ3n) is 5.26. The van der Waals surface area contributed by atoms with Crippen LogP contribution in [0.3, 0.4) is 0 Å². The number of nitrogens with zero attached hydrogens (tertiary/aromatic N) is 1. The molecule has 0 aliphatic carbocycles. The van der Waals surface area contributed by atoms with Crippen LogP contribution in [0.4, 0.5) is 5.69 Å². The SMILES string of the molecule is CCOc1ccccc1N1CC[NH+](C[C@@H](O)COCc2ccccc2OC)CC1. The first-order valence-corrected chi connectivity index (χ1v) is 10.4. The van der Waals surface area contributed by atoms with E-state index in [0.717, 1.165) is 48.9 Å². The van der Waals surface area contributed by atoms with E-state index >= 15 is 0 Å². The van der Waals surface area contributed by atoms with Crippen molar-refractivity contribution in [2.75, 3.05) is 57.9 Å². The Balaban J connectivity index is 1.41. The predicted octanol–water partition coefficient (Wildman–Crippen LogP) is 1.38. The summed E-state index contributed by atoms with van der Waals surface area (Å²) in [7, 11) is 1.66. The molecule has 1 saturated heterocycles. The van der Waals surface area contributed by atoms with Gasteiger partial charge in [-0.25, -0.2) is 0 Å². The maximum Gasteiger partial charge on any atom is 0.142 e. The molecule has 1 aliphatic heterocycles. The Bertz CT molecular complexity index is 747. The molecule has 3 rings (SSSR count). The van der Waals surface area contributed by atoms with E-state index in [2.05, 4.69) is 17.0 Å². The predicted molar refractivity (Wildman–Crippen MR) is 114 cm³/mol. The Hall–Kier alpha value is -2.28. The molecule has 2 aromatic rings. The largest absolute Gasteiger partial charge is 0.496 e. The molecule has 0 spiro atoms. The maximum absolute atomic E-state index is 10.4. The number of para-hydroxylation sites is 3. The van der Waals surface area contributed by atoms with Gasteiger partial charge in [0.2, 0.25) is 0 Å². The average molecular weight is 402 g/mol. The molecule has 0 bridgehead atoms. The molecular weight excluding hydrogens is 368 g/mol. The third kappa shape index (κ3) is 6.10. The lowest BCUT2D eigenvalue weighted by Gasteiger charge is -2.35. The fraction of sp³-hybridized carbons (Fsp3) is 0.478. The second-order valence-electron chi connectivity index (χ2n) is 7.32. The van der Waals surface area contributed by atoms with E-state index < -0.39 is 6.10 Å². The van der Waals surface area contributed by atoms with Crippen LogP contribution in [-0.2, 0) is 11.3 Å². The van der Waals surface area contributed by atoms with Gasteiger partial charge in [-0.3, -0.25) is 0 Å². The summed E-state index contributed by atoms with van der Waals surface area (Å²) < 4.78 is 16.8. The van der Waals surface area contributed by atoms with E-state index in [0.29, 0.717) is 26.4 Å². The fourth-order valence-corrected chi connectivity index (χ4v) is 3.78. The van der Waals surface area contributed by atoms with Crippen molar-refractivity contribution in [3.8, 4) is 11.5 Å². The summed E-state index contributed by atoms with van der Waals surface area (Å²) in [6.07, 6.45) is -0.470. The lowest BCUT2D eigenvalue weighted by molar-refractivity contribution is -0.903. The topological polar surface area (TPSA) is 55.6 Å². The fourth-order valence-electron chi connectivity index (χ4n) is 3.78. The van der Waals surface area contributed by atoms with Crippen LogP contribution in [-0.4, -0.2) is 64.3 Å². The number of quaternary nitrogens is 1. The van der Waals surface area contributed by atoms with E-state index in [9.17, 15) is 5.11 Å². The molecule has 2 N–H and O–H groups in total. The lowest BCUT2D eigenvalue weighted by atomic mass is 10.2. The van der Waals surface area contributed by atoms with E-state index in [1.807, 2.05) is 43.3 Å². The number of methoxy groups -OCH3 is 1. The summed E-state index contributed by atoms with van der Waals surface area (Å²) in [4.78, 5) is 3.78. The molecule has 1 fully saturated rings. The monoisotopic (exact) mass is 401 g/mol. The first-order chi connectivity index (χ1) is 14.2. The number of aliphatic hydroxyl groups excluding tert-OH is 1. The van der Waals surface area contributed by atoms with Gasteiger partial charge in [0.05, 0.1) is 58.8 Å². The van der Waals surface area contributed by atoms with Gasteiger partial charge in [-0.15, -0.1) is 0 Å². The number of piperazine rings is 1. The summed E-state index contributed by atoms with van der Waals surface area (Å²) >= 11 is 0. The second kappa shape index (κ2) is 11.0. The van der Waals surface area contributed by atoms with E-state index in [-0.39, 0.29) is 0 Å². The van der Waals surface area contributed by atoms with Crippen molar-refractivity contribution >= 4 is 5.69 Å². The van der Waals surface area contributed by atoms with Crippen molar-refractivity contribution in [1.29, 1.82) is 0 Å². The number of aliphatic hydroxyl groups is 1. The van der Waals surface area contributed by atoms with Crippen molar-refractivity contribution in [2.24, 2.45) is 0 Å². The standard InChI is InChI=1S/C23H32N2O4/c1-3-29-23-11-7-5-9-21(23)25-14-12-24(13-15-25)16-20(26)18-28-17-19-8-4-6-10-22(19)27-2/h4-11,20,26H,3,12-18H2,1-2H3/p+1/t20-/m1/s1. The molecule has 29 heavy (non-hydrogen) atoms. The third-order valence-corrected chi connectivity index (χ3v) is 5.26. The van der Waals surface area contributed by atoms with Gasteiger partial charge in [-0.2, -0.15) is 0 Å². The van der Waals surface area contributed by atoms with Crippen LogP contribution in [0.5, 0.6) is 11.5 Å². The molecular formula is C23H33N2O4+. The molecule has 1 aliphatic rings. The van der Waals surface area contributed by atoms with Crippen LogP contribution < -0.4 is 19.3 Å². The first-order valence-electron chi connectivity index (χ1n) is 10.4. The van der Waals surface area contributed by atoms with Crippen LogP contribution >= 0.6 is 0 Å². The Morgan fingerprint density at radius 1 is 1.03 bits per heavy atom. The molecule has 6 heteroatoms. The van der Waals surface area contributed by atoms with Gasteiger partial charge in [-0.05, 0) is 25.1 Å². The van der Waals surface area contributed by atoms with E-state index in [1.54, 1.807) is 7.11 Å². The van der Waals surface area contributed by atoms with Gasteiger partial charge in [-0.1, -0.05) is 30.3 Å². The Kier molecular flexibility index (Phi) is 8.16. The van der Waals surface area contributed by atoms with Gasteiger partial charge in [0, 0.05) is 5.56 Å². The minimum atomic E-state index is -0.470. The molecule has 0 unspecified atom stereocenters. The molecule has 2 aromatic carbocycles. The quantitative estimate of drug-likeness (QED) is 0.630. The van der Waals surface area contributed by atoms with E-state index in [1.165, 1.54) is 4.90 Å². The summed E-state index contributed by atoms with van der Waals surface area (Å²) in [5.41, 5.74) is 2.16. The van der Waals surface area contributed by atoms with Gasteiger partial charge >= 0.3 is 0 Å². The average Bonchev–Trinajstić information content (AvgIpc) is 2.75. The smallest absolute Gasteiger partial charge is 0.142 e. The first kappa shape index (κ1) is 21.4. The molecule has 158 valence electrons. The zero-order valence-corrected chi connectivity index (χ0v) is 17.5. The normalized spacial score (nSPS) is 15.9. The van der Waals surface area contributed by atoms with Crippen molar-refractivity contribution < 1.29 is 24.2 Å². The second-order valence-corrected chi connectivity index (χ2v) is 7.32. The van der Waals surface area contributed by atoms with Crippen LogP contribution in [0, 0.1) is 0 Å². The summed E-state index contributed by atoms with van der Waals surface area (Å²) in [6.45, 7) is 8.04.